The largest absolute Gasteiger partial charge is 0.497 e. The van der Waals surface area contributed by atoms with Gasteiger partial charge in [0.25, 0.3) is 5.91 Å². The van der Waals surface area contributed by atoms with Crippen molar-refractivity contribution in [2.75, 3.05) is 33.3 Å². The average molecular weight is 688 g/mol. The number of amides is 1. The molecule has 6 aromatic rings. The highest BCUT2D eigenvalue weighted by molar-refractivity contribution is 6.06. The van der Waals surface area contributed by atoms with Crippen molar-refractivity contribution in [3.63, 3.8) is 0 Å². The number of ether oxygens (including phenoxy) is 5. The van der Waals surface area contributed by atoms with Gasteiger partial charge in [-0.3, -0.25) is 9.36 Å². The van der Waals surface area contributed by atoms with Gasteiger partial charge in [-0.05, 0) is 65.2 Å². The van der Waals surface area contributed by atoms with Crippen LogP contribution in [0, 0.1) is 0 Å². The molecule has 3 atom stereocenters. The predicted molar refractivity (Wildman–Crippen MR) is 189 cm³/mol. The first-order chi connectivity index (χ1) is 24.9. The number of aliphatic hydroxyl groups is 1. The fourth-order valence-electron chi connectivity index (χ4n) is 6.39. The summed E-state index contributed by atoms with van der Waals surface area (Å²) in [6, 6.07) is 32.0. The summed E-state index contributed by atoms with van der Waals surface area (Å²) in [5.74, 6) is 2.06. The van der Waals surface area contributed by atoms with E-state index in [1.54, 1.807) is 56.5 Å². The van der Waals surface area contributed by atoms with Crippen LogP contribution in [0.4, 0.5) is 5.82 Å². The van der Waals surface area contributed by atoms with E-state index in [9.17, 15) is 9.90 Å². The first-order valence-corrected chi connectivity index (χ1v) is 16.4. The number of methoxy groups -OCH3 is 3. The molecule has 0 radical (unpaired) electrons. The van der Waals surface area contributed by atoms with Crippen LogP contribution < -0.4 is 19.5 Å². The van der Waals surface area contributed by atoms with Crippen molar-refractivity contribution in [3.05, 3.63) is 138 Å². The second-order valence-electron chi connectivity index (χ2n) is 12.0. The number of benzene rings is 4. The zero-order valence-corrected chi connectivity index (χ0v) is 28.3. The first kappa shape index (κ1) is 33.7. The Morgan fingerprint density at radius 1 is 0.804 bits per heavy atom. The molecule has 51 heavy (non-hydrogen) atoms. The second kappa shape index (κ2) is 14.6. The lowest BCUT2D eigenvalue weighted by molar-refractivity contribution is -0.0931. The highest BCUT2D eigenvalue weighted by atomic mass is 16.6. The van der Waals surface area contributed by atoms with Gasteiger partial charge in [-0.2, -0.15) is 0 Å². The van der Waals surface area contributed by atoms with Gasteiger partial charge in [-0.1, -0.05) is 54.6 Å². The van der Waals surface area contributed by atoms with E-state index >= 15 is 0 Å². The van der Waals surface area contributed by atoms with Crippen LogP contribution in [-0.2, 0) is 15.1 Å². The normalized spacial score (nSPS) is 17.3. The van der Waals surface area contributed by atoms with Crippen molar-refractivity contribution in [1.82, 2.24) is 19.5 Å². The maximum Gasteiger partial charge on any atom is 0.256 e. The Labute approximate surface area is 294 Å². The molecule has 2 N–H and O–H groups in total. The number of carbonyl (C=O) groups excluding carboxylic acids is 1. The number of rotatable bonds is 12. The molecule has 1 fully saturated rings. The van der Waals surface area contributed by atoms with E-state index in [1.807, 2.05) is 78.9 Å². The molecule has 3 heterocycles. The number of nitrogens with zero attached hydrogens (tertiary/aromatic N) is 4. The smallest absolute Gasteiger partial charge is 0.256 e. The van der Waals surface area contributed by atoms with E-state index in [1.165, 1.54) is 6.33 Å². The van der Waals surface area contributed by atoms with Crippen molar-refractivity contribution in [3.8, 4) is 17.2 Å². The van der Waals surface area contributed by atoms with Crippen LogP contribution >= 0.6 is 0 Å². The van der Waals surface area contributed by atoms with Crippen LogP contribution in [-0.4, -0.2) is 70.7 Å². The fraction of sp³-hybridized carbons (Fsp3) is 0.231. The number of aliphatic hydroxyl groups excluding tert-OH is 1. The van der Waals surface area contributed by atoms with Gasteiger partial charge in [0, 0.05) is 12.0 Å². The van der Waals surface area contributed by atoms with Crippen molar-refractivity contribution in [2.45, 2.75) is 30.5 Å². The van der Waals surface area contributed by atoms with Gasteiger partial charge in [0.05, 0.1) is 40.4 Å². The van der Waals surface area contributed by atoms with Crippen molar-refractivity contribution < 1.29 is 33.6 Å². The molecule has 0 saturated carbocycles. The van der Waals surface area contributed by atoms with Crippen LogP contribution in [0.1, 0.15) is 39.7 Å². The Morgan fingerprint density at radius 2 is 1.35 bits per heavy atom. The quantitative estimate of drug-likeness (QED) is 0.153. The Kier molecular flexibility index (Phi) is 9.62. The molecule has 7 rings (SSSR count). The number of anilines is 1. The third-order valence-corrected chi connectivity index (χ3v) is 9.09. The third-order valence-electron chi connectivity index (χ3n) is 9.09. The number of hydrogen-bond acceptors (Lipinski definition) is 10. The molecule has 1 aliphatic rings. The molecule has 1 amide bonds. The lowest BCUT2D eigenvalue weighted by Gasteiger charge is -2.37. The standard InChI is InChI=1S/C39H37N5O7/c1-47-29-15-9-26(10-16-29)39(27-11-17-30(48-2)18-12-27,28-13-19-31(49-3)20-14-28)50-22-33-32(45)21-34(51-33)44-24-42-35-36(40-23-41-37(35)44)43-38(46)25-7-5-4-6-8-25/h4-20,23-24,32-34,45H,21-22H2,1-3H3,(H,40,41,43,46). The molecule has 0 aliphatic carbocycles. The summed E-state index contributed by atoms with van der Waals surface area (Å²) in [5.41, 5.74) is 2.73. The molecule has 12 nitrogen and oxygen atoms in total. The Hall–Kier alpha value is -5.82. The summed E-state index contributed by atoms with van der Waals surface area (Å²) in [7, 11) is 4.87. The minimum atomic E-state index is -1.13. The predicted octanol–water partition coefficient (Wildman–Crippen LogP) is 5.76. The molecule has 1 saturated heterocycles. The summed E-state index contributed by atoms with van der Waals surface area (Å²) >= 11 is 0. The van der Waals surface area contributed by atoms with Crippen LogP contribution in [0.15, 0.2) is 116 Å². The SMILES string of the molecule is COc1ccc(C(OCC2OC(n3cnc4c(NC(=O)c5ccccc5)ncnc43)CC2O)(c2ccc(OC)cc2)c2ccc(OC)cc2)cc1. The van der Waals surface area contributed by atoms with Gasteiger partial charge < -0.3 is 34.1 Å². The van der Waals surface area contributed by atoms with Crippen LogP contribution in [0.3, 0.4) is 0 Å². The van der Waals surface area contributed by atoms with Crippen LogP contribution in [0.2, 0.25) is 0 Å². The van der Waals surface area contributed by atoms with E-state index in [-0.39, 0.29) is 24.8 Å². The number of fused-ring (bicyclic) bond motifs is 1. The first-order valence-electron chi connectivity index (χ1n) is 16.4. The van der Waals surface area contributed by atoms with Crippen LogP contribution in [0.5, 0.6) is 17.2 Å². The summed E-state index contributed by atoms with van der Waals surface area (Å²) in [5, 5.41) is 14.2. The summed E-state index contributed by atoms with van der Waals surface area (Å²) in [6.45, 7) is 0.0295. The Balaban J connectivity index is 1.19. The maximum absolute atomic E-state index is 12.9. The van der Waals surface area contributed by atoms with Gasteiger partial charge >= 0.3 is 0 Å². The number of hydrogen-bond donors (Lipinski definition) is 2. The van der Waals surface area contributed by atoms with E-state index < -0.39 is 24.0 Å². The molecule has 3 unspecified atom stereocenters. The molecule has 2 aromatic heterocycles. The van der Waals surface area contributed by atoms with Crippen molar-refractivity contribution in [1.29, 1.82) is 0 Å². The zero-order valence-electron chi connectivity index (χ0n) is 28.3. The van der Waals surface area contributed by atoms with Gasteiger partial charge in [0.15, 0.2) is 17.0 Å². The van der Waals surface area contributed by atoms with Gasteiger partial charge in [-0.15, -0.1) is 0 Å². The Morgan fingerprint density at radius 3 is 1.88 bits per heavy atom. The minimum absolute atomic E-state index is 0.0295. The highest BCUT2D eigenvalue weighted by Gasteiger charge is 2.42. The number of imidazole rings is 1. The third kappa shape index (κ3) is 6.59. The van der Waals surface area contributed by atoms with Gasteiger partial charge in [0.1, 0.15) is 41.5 Å². The monoisotopic (exact) mass is 687 g/mol. The molecule has 260 valence electrons. The highest BCUT2D eigenvalue weighted by Crippen LogP contribution is 2.43. The van der Waals surface area contributed by atoms with E-state index in [0.29, 0.717) is 34.0 Å². The fourth-order valence-corrected chi connectivity index (χ4v) is 6.39. The number of carbonyl (C=O) groups is 1. The zero-order chi connectivity index (χ0) is 35.4. The molecular formula is C39H37N5O7. The Bertz CT molecular complexity index is 1970. The molecule has 4 aromatic carbocycles. The lowest BCUT2D eigenvalue weighted by atomic mass is 9.80. The molecule has 1 aliphatic heterocycles. The average Bonchev–Trinajstić information content (AvgIpc) is 3.79. The van der Waals surface area contributed by atoms with E-state index in [4.69, 9.17) is 23.7 Å². The maximum atomic E-state index is 12.9. The molecule has 0 bridgehead atoms. The van der Waals surface area contributed by atoms with Gasteiger partial charge in [0.2, 0.25) is 0 Å². The summed E-state index contributed by atoms with van der Waals surface area (Å²) in [4.78, 5) is 26.1. The van der Waals surface area contributed by atoms with E-state index in [2.05, 4.69) is 20.3 Å². The molecular weight excluding hydrogens is 650 g/mol. The molecule has 12 heteroatoms. The van der Waals surface area contributed by atoms with Crippen molar-refractivity contribution in [2.24, 2.45) is 0 Å². The minimum Gasteiger partial charge on any atom is -0.497 e. The second-order valence-corrected chi connectivity index (χ2v) is 12.0. The van der Waals surface area contributed by atoms with E-state index in [0.717, 1.165) is 16.7 Å². The summed E-state index contributed by atoms with van der Waals surface area (Å²) < 4.78 is 31.6. The number of aromatic nitrogens is 4. The molecule has 0 spiro atoms. The van der Waals surface area contributed by atoms with Crippen LogP contribution in [0.25, 0.3) is 11.2 Å². The number of nitrogens with one attached hydrogen (secondary N) is 1. The van der Waals surface area contributed by atoms with Gasteiger partial charge in [-0.25, -0.2) is 15.0 Å². The lowest BCUT2D eigenvalue weighted by Crippen LogP contribution is -2.38. The van der Waals surface area contributed by atoms with Crippen molar-refractivity contribution >= 4 is 22.9 Å². The topological polar surface area (TPSA) is 139 Å². The summed E-state index contributed by atoms with van der Waals surface area (Å²) in [6.07, 6.45) is 1.01.